The third kappa shape index (κ3) is 4.40. The van der Waals surface area contributed by atoms with E-state index in [1.54, 1.807) is 0 Å². The Morgan fingerprint density at radius 3 is 2.56 bits per heavy atom. The summed E-state index contributed by atoms with van der Waals surface area (Å²) in [6, 6.07) is 6.21. The van der Waals surface area contributed by atoms with Gasteiger partial charge in [-0.05, 0) is 43.4 Å². The number of carboxylic acids is 1. The molecule has 1 aromatic carbocycles. The van der Waals surface area contributed by atoms with Crippen LogP contribution in [0.3, 0.4) is 0 Å². The molecule has 1 N–H and O–H groups in total. The van der Waals surface area contributed by atoms with Crippen LogP contribution >= 0.6 is 0 Å². The molecule has 0 heterocycles. The highest BCUT2D eigenvalue weighted by Crippen LogP contribution is 2.25. The lowest BCUT2D eigenvalue weighted by atomic mass is 10.0. The molecule has 0 amide bonds. The molecular formula is C15H22O3. The van der Waals surface area contributed by atoms with Crippen LogP contribution in [0.4, 0.5) is 0 Å². The second kappa shape index (κ2) is 6.43. The summed E-state index contributed by atoms with van der Waals surface area (Å²) < 4.78 is 5.82. The number of aryl methyl sites for hydroxylation is 1. The molecule has 0 bridgehead atoms. The maximum atomic E-state index is 10.5. The van der Waals surface area contributed by atoms with Crippen LogP contribution in [0.2, 0.25) is 0 Å². The average Bonchev–Trinajstić information content (AvgIpc) is 2.29. The Labute approximate surface area is 109 Å². The maximum Gasteiger partial charge on any atom is 0.303 e. The Balaban J connectivity index is 2.70. The summed E-state index contributed by atoms with van der Waals surface area (Å²) in [7, 11) is 0. The Kier molecular flexibility index (Phi) is 5.20. The van der Waals surface area contributed by atoms with Gasteiger partial charge < -0.3 is 9.84 Å². The van der Waals surface area contributed by atoms with Gasteiger partial charge in [0.2, 0.25) is 0 Å². The molecule has 0 aliphatic carbocycles. The molecule has 0 saturated carbocycles. The third-order valence-corrected chi connectivity index (χ3v) is 2.97. The fourth-order valence-electron chi connectivity index (χ4n) is 1.71. The van der Waals surface area contributed by atoms with Crippen LogP contribution in [0, 0.1) is 6.92 Å². The molecule has 3 heteroatoms. The van der Waals surface area contributed by atoms with Crippen molar-refractivity contribution in [2.45, 2.75) is 52.6 Å². The van der Waals surface area contributed by atoms with E-state index in [0.29, 0.717) is 12.3 Å². The van der Waals surface area contributed by atoms with Gasteiger partial charge in [0.05, 0.1) is 6.10 Å². The highest BCUT2D eigenvalue weighted by Gasteiger charge is 2.10. The van der Waals surface area contributed by atoms with Gasteiger partial charge in [-0.3, -0.25) is 4.79 Å². The molecule has 1 rings (SSSR count). The van der Waals surface area contributed by atoms with E-state index in [1.165, 1.54) is 5.56 Å². The third-order valence-electron chi connectivity index (χ3n) is 2.97. The molecule has 0 saturated heterocycles. The summed E-state index contributed by atoms with van der Waals surface area (Å²) in [6.45, 7) is 8.19. The molecule has 0 aromatic heterocycles. The number of hydrogen-bond acceptors (Lipinski definition) is 2. The van der Waals surface area contributed by atoms with Crippen LogP contribution in [0.1, 0.15) is 50.7 Å². The lowest BCUT2D eigenvalue weighted by molar-refractivity contribution is -0.137. The molecule has 0 spiro atoms. The summed E-state index contributed by atoms with van der Waals surface area (Å²) in [6.07, 6.45) is 0.590. The first kappa shape index (κ1) is 14.6. The predicted octanol–water partition coefficient (Wildman–Crippen LogP) is 3.75. The second-order valence-electron chi connectivity index (χ2n) is 5.04. The number of rotatable bonds is 6. The number of carbonyl (C=O) groups is 1. The fraction of sp³-hybridized carbons (Fsp3) is 0.533. The molecule has 0 aliphatic rings. The molecule has 100 valence electrons. The minimum absolute atomic E-state index is 0.0813. The Morgan fingerprint density at radius 2 is 2.00 bits per heavy atom. The van der Waals surface area contributed by atoms with Gasteiger partial charge in [-0.15, -0.1) is 0 Å². The van der Waals surface area contributed by atoms with Crippen LogP contribution < -0.4 is 4.74 Å². The predicted molar refractivity (Wildman–Crippen MR) is 72.2 cm³/mol. The largest absolute Gasteiger partial charge is 0.490 e. The molecule has 1 aromatic rings. The van der Waals surface area contributed by atoms with E-state index in [9.17, 15) is 4.79 Å². The van der Waals surface area contributed by atoms with Crippen LogP contribution in [0.5, 0.6) is 5.75 Å². The Morgan fingerprint density at radius 1 is 1.33 bits per heavy atom. The van der Waals surface area contributed by atoms with Gasteiger partial charge in [-0.2, -0.15) is 0 Å². The first-order chi connectivity index (χ1) is 8.40. The zero-order chi connectivity index (χ0) is 13.7. The highest BCUT2D eigenvalue weighted by molar-refractivity contribution is 5.66. The van der Waals surface area contributed by atoms with Gasteiger partial charge in [0.15, 0.2) is 0 Å². The molecule has 3 nitrogen and oxygen atoms in total. The van der Waals surface area contributed by atoms with E-state index < -0.39 is 5.97 Å². The lowest BCUT2D eigenvalue weighted by Crippen LogP contribution is -2.14. The highest BCUT2D eigenvalue weighted by atomic mass is 16.5. The van der Waals surface area contributed by atoms with Crippen LogP contribution in [-0.2, 0) is 4.79 Å². The molecule has 0 fully saturated rings. The topological polar surface area (TPSA) is 46.5 Å². The normalized spacial score (nSPS) is 12.5. The van der Waals surface area contributed by atoms with Crippen LogP contribution in [0.15, 0.2) is 18.2 Å². The van der Waals surface area contributed by atoms with Crippen molar-refractivity contribution in [3.8, 4) is 5.75 Å². The number of ether oxygens (including phenoxy) is 1. The van der Waals surface area contributed by atoms with Gasteiger partial charge in [-0.1, -0.05) is 26.0 Å². The molecule has 18 heavy (non-hydrogen) atoms. The molecule has 1 atom stereocenters. The standard InChI is InChI=1S/C15H22O3/c1-10(2)13-7-5-11(3)14(9-13)18-12(4)6-8-15(16)17/h5,7,9-10,12H,6,8H2,1-4H3,(H,16,17). The molecule has 1 unspecified atom stereocenters. The van der Waals surface area contributed by atoms with Crippen molar-refractivity contribution in [2.24, 2.45) is 0 Å². The van der Waals surface area contributed by atoms with Crippen molar-refractivity contribution in [3.05, 3.63) is 29.3 Å². The van der Waals surface area contributed by atoms with Crippen molar-refractivity contribution in [1.29, 1.82) is 0 Å². The van der Waals surface area contributed by atoms with E-state index >= 15 is 0 Å². The first-order valence-corrected chi connectivity index (χ1v) is 6.39. The van der Waals surface area contributed by atoms with E-state index in [1.807, 2.05) is 13.8 Å². The second-order valence-corrected chi connectivity index (χ2v) is 5.04. The number of hydrogen-bond donors (Lipinski definition) is 1. The van der Waals surface area contributed by atoms with E-state index in [2.05, 4.69) is 32.0 Å². The van der Waals surface area contributed by atoms with Gasteiger partial charge in [0, 0.05) is 6.42 Å². The first-order valence-electron chi connectivity index (χ1n) is 6.39. The number of carboxylic acid groups (broad SMARTS) is 1. The fourth-order valence-corrected chi connectivity index (χ4v) is 1.71. The van der Waals surface area contributed by atoms with Gasteiger partial charge in [0.25, 0.3) is 0 Å². The minimum atomic E-state index is -0.780. The molecule has 0 radical (unpaired) electrons. The average molecular weight is 250 g/mol. The summed E-state index contributed by atoms with van der Waals surface area (Å²) in [5.41, 5.74) is 2.32. The summed E-state index contributed by atoms with van der Waals surface area (Å²) >= 11 is 0. The minimum Gasteiger partial charge on any atom is -0.490 e. The van der Waals surface area contributed by atoms with Crippen molar-refractivity contribution < 1.29 is 14.6 Å². The van der Waals surface area contributed by atoms with Gasteiger partial charge >= 0.3 is 5.97 Å². The SMILES string of the molecule is Cc1ccc(C(C)C)cc1OC(C)CCC(=O)O. The summed E-state index contributed by atoms with van der Waals surface area (Å²) in [4.78, 5) is 10.5. The zero-order valence-corrected chi connectivity index (χ0v) is 11.6. The van der Waals surface area contributed by atoms with Crippen molar-refractivity contribution in [1.82, 2.24) is 0 Å². The van der Waals surface area contributed by atoms with E-state index in [-0.39, 0.29) is 12.5 Å². The van der Waals surface area contributed by atoms with Gasteiger partial charge in [-0.25, -0.2) is 0 Å². The Bertz CT molecular complexity index is 410. The van der Waals surface area contributed by atoms with Crippen molar-refractivity contribution in [2.75, 3.05) is 0 Å². The molecule has 0 aliphatic heterocycles. The summed E-state index contributed by atoms with van der Waals surface area (Å²) in [5, 5.41) is 8.64. The maximum absolute atomic E-state index is 10.5. The number of benzene rings is 1. The number of aliphatic carboxylic acids is 1. The van der Waals surface area contributed by atoms with Crippen LogP contribution in [-0.4, -0.2) is 17.2 Å². The monoisotopic (exact) mass is 250 g/mol. The zero-order valence-electron chi connectivity index (χ0n) is 11.6. The van der Waals surface area contributed by atoms with Gasteiger partial charge in [0.1, 0.15) is 5.75 Å². The lowest BCUT2D eigenvalue weighted by Gasteiger charge is -2.17. The quantitative estimate of drug-likeness (QED) is 0.836. The smallest absolute Gasteiger partial charge is 0.303 e. The van der Waals surface area contributed by atoms with Crippen LogP contribution in [0.25, 0.3) is 0 Å². The van der Waals surface area contributed by atoms with Crippen molar-refractivity contribution >= 4 is 5.97 Å². The summed E-state index contributed by atoms with van der Waals surface area (Å²) in [5.74, 6) is 0.541. The molecular weight excluding hydrogens is 228 g/mol. The van der Waals surface area contributed by atoms with E-state index in [4.69, 9.17) is 9.84 Å². The van der Waals surface area contributed by atoms with E-state index in [0.717, 1.165) is 11.3 Å². The van der Waals surface area contributed by atoms with Crippen molar-refractivity contribution in [3.63, 3.8) is 0 Å². The Hall–Kier alpha value is -1.51.